The number of ether oxygens (including phenoxy) is 1. The summed E-state index contributed by atoms with van der Waals surface area (Å²) < 4.78 is 44.9. The summed E-state index contributed by atoms with van der Waals surface area (Å²) in [5, 5.41) is 4.24. The number of carbonyl (C=O) groups is 1. The van der Waals surface area contributed by atoms with Gasteiger partial charge in [0.2, 0.25) is 0 Å². The minimum atomic E-state index is -4.44. The van der Waals surface area contributed by atoms with Gasteiger partial charge in [0.15, 0.2) is 0 Å². The molecule has 0 aliphatic carbocycles. The molecule has 4 nitrogen and oxygen atoms in total. The highest BCUT2D eigenvalue weighted by Gasteiger charge is 2.31. The number of rotatable bonds is 3. The third kappa shape index (κ3) is 3.23. The Labute approximate surface area is 131 Å². The van der Waals surface area contributed by atoms with Gasteiger partial charge in [-0.2, -0.15) is 18.3 Å². The molecule has 0 bridgehead atoms. The normalized spacial score (nSPS) is 11.8. The first-order chi connectivity index (χ1) is 10.7. The van der Waals surface area contributed by atoms with Crippen LogP contribution in [-0.4, -0.2) is 22.9 Å². The van der Waals surface area contributed by atoms with Gasteiger partial charge in [-0.1, -0.05) is 19.9 Å². The highest BCUT2D eigenvalue weighted by atomic mass is 19.4. The molecule has 1 heterocycles. The van der Waals surface area contributed by atoms with E-state index < -0.39 is 17.7 Å². The molecule has 0 amide bonds. The van der Waals surface area contributed by atoms with E-state index in [1.807, 2.05) is 13.8 Å². The fourth-order valence-electron chi connectivity index (χ4n) is 2.44. The summed E-state index contributed by atoms with van der Waals surface area (Å²) >= 11 is 0. The van der Waals surface area contributed by atoms with Gasteiger partial charge >= 0.3 is 12.1 Å². The van der Waals surface area contributed by atoms with Gasteiger partial charge in [0, 0.05) is 0 Å². The number of nitrogens with zero attached hydrogens (tertiary/aromatic N) is 2. The maximum atomic E-state index is 12.9. The van der Waals surface area contributed by atoms with Crippen LogP contribution >= 0.6 is 0 Å². The van der Waals surface area contributed by atoms with Gasteiger partial charge in [0.05, 0.1) is 29.7 Å². The summed E-state index contributed by atoms with van der Waals surface area (Å²) in [6, 6.07) is 4.85. The number of benzene rings is 1. The number of alkyl halides is 3. The minimum Gasteiger partial charge on any atom is -0.465 e. The molecule has 0 saturated heterocycles. The van der Waals surface area contributed by atoms with Gasteiger partial charge in [-0.3, -0.25) is 0 Å². The van der Waals surface area contributed by atoms with E-state index in [1.54, 1.807) is 6.92 Å². The second-order valence-corrected chi connectivity index (χ2v) is 5.45. The first kappa shape index (κ1) is 17.1. The summed E-state index contributed by atoms with van der Waals surface area (Å²) in [4.78, 5) is 12.0. The SMILES string of the molecule is COC(=O)c1c(C)nn(-c2cccc(C(F)(F)F)c2)c1C(C)C. The van der Waals surface area contributed by atoms with Gasteiger partial charge in [0.25, 0.3) is 0 Å². The number of aryl methyl sites for hydroxylation is 1. The van der Waals surface area contributed by atoms with Crippen molar-refractivity contribution < 1.29 is 22.7 Å². The Morgan fingerprint density at radius 2 is 1.96 bits per heavy atom. The Kier molecular flexibility index (Phi) is 4.49. The molecule has 2 rings (SSSR count). The van der Waals surface area contributed by atoms with E-state index in [4.69, 9.17) is 4.74 Å². The lowest BCUT2D eigenvalue weighted by Crippen LogP contribution is -2.11. The van der Waals surface area contributed by atoms with Gasteiger partial charge in [-0.25, -0.2) is 9.48 Å². The van der Waals surface area contributed by atoms with Gasteiger partial charge in [-0.05, 0) is 31.0 Å². The van der Waals surface area contributed by atoms with Crippen molar-refractivity contribution >= 4 is 5.97 Å². The predicted molar refractivity (Wildman–Crippen MR) is 78.7 cm³/mol. The molecule has 0 atom stereocenters. The molecule has 1 aromatic heterocycles. The summed E-state index contributed by atoms with van der Waals surface area (Å²) in [5.74, 6) is -0.677. The van der Waals surface area contributed by atoms with Gasteiger partial charge < -0.3 is 4.74 Å². The van der Waals surface area contributed by atoms with Crippen LogP contribution in [0.3, 0.4) is 0 Å². The van der Waals surface area contributed by atoms with Gasteiger partial charge in [-0.15, -0.1) is 0 Å². The van der Waals surface area contributed by atoms with Crippen LogP contribution in [0.15, 0.2) is 24.3 Å². The average Bonchev–Trinajstić information content (AvgIpc) is 2.83. The Morgan fingerprint density at radius 3 is 2.48 bits per heavy atom. The molecule has 7 heteroatoms. The Balaban J connectivity index is 2.67. The minimum absolute atomic E-state index is 0.125. The van der Waals surface area contributed by atoms with Crippen LogP contribution in [-0.2, 0) is 10.9 Å². The van der Waals surface area contributed by atoms with Crippen molar-refractivity contribution in [2.24, 2.45) is 0 Å². The molecule has 2 aromatic rings. The third-order valence-electron chi connectivity index (χ3n) is 3.45. The number of hydrogen-bond donors (Lipinski definition) is 0. The number of halogens is 3. The van der Waals surface area contributed by atoms with Crippen LogP contribution in [0, 0.1) is 6.92 Å². The van der Waals surface area contributed by atoms with E-state index in [-0.39, 0.29) is 11.6 Å². The van der Waals surface area contributed by atoms with Gasteiger partial charge in [0.1, 0.15) is 5.56 Å². The van der Waals surface area contributed by atoms with E-state index >= 15 is 0 Å². The summed E-state index contributed by atoms with van der Waals surface area (Å²) in [6.07, 6.45) is -4.44. The molecule has 0 N–H and O–H groups in total. The number of hydrogen-bond acceptors (Lipinski definition) is 3. The third-order valence-corrected chi connectivity index (χ3v) is 3.45. The fourth-order valence-corrected chi connectivity index (χ4v) is 2.44. The van der Waals surface area contributed by atoms with E-state index in [9.17, 15) is 18.0 Å². The van der Waals surface area contributed by atoms with Crippen LogP contribution in [0.4, 0.5) is 13.2 Å². The molecule has 23 heavy (non-hydrogen) atoms. The molecule has 0 radical (unpaired) electrons. The maximum Gasteiger partial charge on any atom is 0.416 e. The second-order valence-electron chi connectivity index (χ2n) is 5.45. The number of carbonyl (C=O) groups excluding carboxylic acids is 1. The predicted octanol–water partition coefficient (Wildman–Crippen LogP) is 4.11. The van der Waals surface area contributed by atoms with Crippen molar-refractivity contribution in [2.75, 3.05) is 7.11 Å². The number of methoxy groups -OCH3 is 1. The summed E-state index contributed by atoms with van der Waals surface area (Å²) in [6.45, 7) is 5.31. The Hall–Kier alpha value is -2.31. The lowest BCUT2D eigenvalue weighted by atomic mass is 10.0. The van der Waals surface area contributed by atoms with Crippen LogP contribution in [0.2, 0.25) is 0 Å². The number of esters is 1. The van der Waals surface area contributed by atoms with Crippen LogP contribution in [0.25, 0.3) is 5.69 Å². The van der Waals surface area contributed by atoms with E-state index in [0.717, 1.165) is 12.1 Å². The molecule has 0 aliphatic rings. The molecular formula is C16H17F3N2O2. The van der Waals surface area contributed by atoms with E-state index in [2.05, 4.69) is 5.10 Å². The highest BCUT2D eigenvalue weighted by molar-refractivity contribution is 5.92. The van der Waals surface area contributed by atoms with Crippen LogP contribution in [0.5, 0.6) is 0 Å². The van der Waals surface area contributed by atoms with Crippen LogP contribution in [0.1, 0.15) is 47.1 Å². The first-order valence-corrected chi connectivity index (χ1v) is 7.02. The van der Waals surface area contributed by atoms with Crippen molar-refractivity contribution in [2.45, 2.75) is 32.9 Å². The highest BCUT2D eigenvalue weighted by Crippen LogP contribution is 2.32. The zero-order valence-electron chi connectivity index (χ0n) is 13.2. The zero-order chi connectivity index (χ0) is 17.4. The topological polar surface area (TPSA) is 44.1 Å². The van der Waals surface area contributed by atoms with Crippen molar-refractivity contribution in [1.29, 1.82) is 0 Å². The molecule has 0 spiro atoms. The smallest absolute Gasteiger partial charge is 0.416 e. The molecule has 0 unspecified atom stereocenters. The fraction of sp³-hybridized carbons (Fsp3) is 0.375. The Morgan fingerprint density at radius 1 is 1.30 bits per heavy atom. The van der Waals surface area contributed by atoms with Crippen molar-refractivity contribution in [3.63, 3.8) is 0 Å². The Bertz CT molecular complexity index is 733. The molecule has 0 fully saturated rings. The molecule has 0 aliphatic heterocycles. The quantitative estimate of drug-likeness (QED) is 0.797. The molecule has 1 aromatic carbocycles. The molecular weight excluding hydrogens is 309 g/mol. The van der Waals surface area contributed by atoms with Crippen LogP contribution < -0.4 is 0 Å². The lowest BCUT2D eigenvalue weighted by Gasteiger charge is -2.14. The first-order valence-electron chi connectivity index (χ1n) is 7.02. The average molecular weight is 326 g/mol. The summed E-state index contributed by atoms with van der Waals surface area (Å²) in [7, 11) is 1.26. The van der Waals surface area contributed by atoms with Crippen molar-refractivity contribution in [3.8, 4) is 5.69 Å². The lowest BCUT2D eigenvalue weighted by molar-refractivity contribution is -0.137. The van der Waals surface area contributed by atoms with E-state index in [1.165, 1.54) is 23.9 Å². The zero-order valence-corrected chi connectivity index (χ0v) is 13.2. The van der Waals surface area contributed by atoms with Crippen molar-refractivity contribution in [3.05, 3.63) is 46.8 Å². The molecule has 0 saturated carbocycles. The summed E-state index contributed by atoms with van der Waals surface area (Å²) in [5.41, 5.74) is 0.714. The monoisotopic (exact) mass is 326 g/mol. The van der Waals surface area contributed by atoms with Crippen molar-refractivity contribution in [1.82, 2.24) is 9.78 Å². The largest absolute Gasteiger partial charge is 0.465 e. The number of aromatic nitrogens is 2. The standard InChI is InChI=1S/C16H17F3N2O2/c1-9(2)14-13(15(22)23-4)10(3)20-21(14)12-7-5-6-11(8-12)16(17,18)19/h5-9H,1-4H3. The van der Waals surface area contributed by atoms with E-state index in [0.29, 0.717) is 17.0 Å². The maximum absolute atomic E-state index is 12.9. The molecule has 124 valence electrons. The second kappa shape index (κ2) is 6.06.